The first-order chi connectivity index (χ1) is 21.4. The molecule has 45 heavy (non-hydrogen) atoms. The lowest BCUT2D eigenvalue weighted by Gasteiger charge is -2.34. The van der Waals surface area contributed by atoms with Crippen LogP contribution < -0.4 is 9.62 Å². The predicted octanol–water partition coefficient (Wildman–Crippen LogP) is 5.82. The van der Waals surface area contributed by atoms with Gasteiger partial charge in [0.1, 0.15) is 18.4 Å². The number of carbonyl (C=O) groups is 2. The van der Waals surface area contributed by atoms with Crippen molar-refractivity contribution in [3.8, 4) is 0 Å². The Morgan fingerprint density at radius 3 is 2.09 bits per heavy atom. The molecular formula is C33H31F4N3O4S. The number of likely N-dealkylation sites (N-methyl/N-ethyl adjacent to an activating group) is 1. The van der Waals surface area contributed by atoms with Crippen molar-refractivity contribution in [2.24, 2.45) is 0 Å². The van der Waals surface area contributed by atoms with Crippen LogP contribution in [0.1, 0.15) is 23.6 Å². The summed E-state index contributed by atoms with van der Waals surface area (Å²) in [6, 6.07) is 23.7. The molecule has 0 aliphatic rings. The van der Waals surface area contributed by atoms with Gasteiger partial charge in [0, 0.05) is 25.1 Å². The van der Waals surface area contributed by atoms with E-state index in [9.17, 15) is 35.6 Å². The van der Waals surface area contributed by atoms with Crippen LogP contribution in [0.3, 0.4) is 0 Å². The normalized spacial score (nSPS) is 12.3. The van der Waals surface area contributed by atoms with E-state index in [0.717, 1.165) is 23.1 Å². The van der Waals surface area contributed by atoms with Crippen molar-refractivity contribution in [1.82, 2.24) is 10.2 Å². The maximum Gasteiger partial charge on any atom is 0.416 e. The van der Waals surface area contributed by atoms with E-state index in [2.05, 4.69) is 5.32 Å². The van der Waals surface area contributed by atoms with E-state index in [1.807, 2.05) is 0 Å². The number of alkyl halides is 3. The van der Waals surface area contributed by atoms with Crippen LogP contribution in [0.4, 0.5) is 23.2 Å². The third kappa shape index (κ3) is 8.27. The van der Waals surface area contributed by atoms with Gasteiger partial charge in [-0.1, -0.05) is 72.8 Å². The molecular weight excluding hydrogens is 610 g/mol. The van der Waals surface area contributed by atoms with Crippen molar-refractivity contribution < 1.29 is 35.6 Å². The zero-order valence-corrected chi connectivity index (χ0v) is 25.1. The molecule has 4 aromatic carbocycles. The van der Waals surface area contributed by atoms with Crippen molar-refractivity contribution >= 4 is 27.5 Å². The molecule has 12 heteroatoms. The van der Waals surface area contributed by atoms with E-state index in [1.54, 1.807) is 49.4 Å². The zero-order valence-electron chi connectivity index (χ0n) is 24.2. The maximum atomic E-state index is 14.9. The van der Waals surface area contributed by atoms with Crippen molar-refractivity contribution in [2.45, 2.75) is 37.0 Å². The second-order valence-electron chi connectivity index (χ2n) is 10.1. The number of rotatable bonds is 12. The first-order valence-electron chi connectivity index (χ1n) is 14.0. The topological polar surface area (TPSA) is 86.8 Å². The van der Waals surface area contributed by atoms with Gasteiger partial charge in [0.25, 0.3) is 10.0 Å². The lowest BCUT2D eigenvalue weighted by molar-refractivity contribution is -0.140. The van der Waals surface area contributed by atoms with Crippen LogP contribution in [-0.2, 0) is 38.8 Å². The van der Waals surface area contributed by atoms with Crippen LogP contribution in [0.25, 0.3) is 0 Å². The first kappa shape index (κ1) is 33.2. The molecule has 1 atom stereocenters. The molecule has 1 unspecified atom stereocenters. The molecule has 2 amide bonds. The van der Waals surface area contributed by atoms with Gasteiger partial charge in [0.15, 0.2) is 0 Å². The van der Waals surface area contributed by atoms with E-state index in [-0.39, 0.29) is 23.4 Å². The molecule has 4 rings (SSSR count). The Labute approximate surface area is 259 Å². The number of carbonyl (C=O) groups excluding carboxylic acids is 2. The van der Waals surface area contributed by atoms with Crippen LogP contribution >= 0.6 is 0 Å². The number of sulfonamides is 1. The molecule has 236 valence electrons. The Balaban J connectivity index is 1.84. The van der Waals surface area contributed by atoms with Gasteiger partial charge in [-0.2, -0.15) is 13.2 Å². The van der Waals surface area contributed by atoms with Crippen LogP contribution in [0.5, 0.6) is 0 Å². The number of hydrogen-bond donors (Lipinski definition) is 1. The Kier molecular flexibility index (Phi) is 10.6. The standard InChI is InChI=1S/C33H31F4N3O4S/c1-2-38-32(42)30(20-24-12-5-3-6-13-24)39(22-25-14-9-10-19-29(25)34)31(41)23-40(45(43,44)28-17-7-4-8-18-28)27-16-11-15-26(21-27)33(35,36)37/h3-19,21,30H,2,20,22-23H2,1H3,(H,38,42). The van der Waals surface area contributed by atoms with Gasteiger partial charge in [0.2, 0.25) is 11.8 Å². The summed E-state index contributed by atoms with van der Waals surface area (Å²) in [6.45, 7) is 0.506. The van der Waals surface area contributed by atoms with Crippen LogP contribution in [0.15, 0.2) is 114 Å². The Morgan fingerprint density at radius 1 is 0.844 bits per heavy atom. The first-order valence-corrected chi connectivity index (χ1v) is 15.5. The van der Waals surface area contributed by atoms with Crippen LogP contribution in [0, 0.1) is 5.82 Å². The van der Waals surface area contributed by atoms with Crippen molar-refractivity contribution in [3.05, 3.63) is 132 Å². The average molecular weight is 642 g/mol. The zero-order chi connectivity index (χ0) is 32.6. The second-order valence-corrected chi connectivity index (χ2v) is 11.9. The quantitative estimate of drug-likeness (QED) is 0.198. The minimum absolute atomic E-state index is 0.00185. The largest absolute Gasteiger partial charge is 0.416 e. The number of nitrogens with one attached hydrogen (secondary N) is 1. The molecule has 0 aliphatic carbocycles. The second kappa shape index (κ2) is 14.4. The fourth-order valence-electron chi connectivity index (χ4n) is 4.74. The average Bonchev–Trinajstić information content (AvgIpc) is 3.03. The number of nitrogens with zero attached hydrogens (tertiary/aromatic N) is 2. The smallest absolute Gasteiger partial charge is 0.355 e. The van der Waals surface area contributed by atoms with E-state index in [1.165, 1.54) is 42.5 Å². The van der Waals surface area contributed by atoms with Gasteiger partial charge in [-0.15, -0.1) is 0 Å². The summed E-state index contributed by atoms with van der Waals surface area (Å²) >= 11 is 0. The molecule has 0 heterocycles. The minimum atomic E-state index is -4.79. The summed E-state index contributed by atoms with van der Waals surface area (Å²) in [5.74, 6) is -2.15. The molecule has 1 N–H and O–H groups in total. The highest BCUT2D eigenvalue weighted by atomic mass is 32.2. The molecule has 0 fully saturated rings. The van der Waals surface area contributed by atoms with Gasteiger partial charge < -0.3 is 10.2 Å². The molecule has 0 saturated heterocycles. The molecule has 0 aliphatic heterocycles. The van der Waals surface area contributed by atoms with Gasteiger partial charge >= 0.3 is 6.18 Å². The van der Waals surface area contributed by atoms with Crippen LogP contribution in [0.2, 0.25) is 0 Å². The third-order valence-electron chi connectivity index (χ3n) is 6.99. The molecule has 0 radical (unpaired) electrons. The summed E-state index contributed by atoms with van der Waals surface area (Å²) in [5.41, 5.74) is -0.796. The van der Waals surface area contributed by atoms with Crippen molar-refractivity contribution in [2.75, 3.05) is 17.4 Å². The number of halogens is 4. The molecule has 0 spiro atoms. The predicted molar refractivity (Wildman–Crippen MR) is 162 cm³/mol. The molecule has 0 saturated carbocycles. The van der Waals surface area contributed by atoms with Crippen LogP contribution in [-0.4, -0.2) is 44.3 Å². The highest BCUT2D eigenvalue weighted by Crippen LogP contribution is 2.33. The van der Waals surface area contributed by atoms with Gasteiger partial charge in [-0.25, -0.2) is 12.8 Å². The monoisotopic (exact) mass is 641 g/mol. The van der Waals surface area contributed by atoms with Crippen molar-refractivity contribution in [3.63, 3.8) is 0 Å². The molecule has 7 nitrogen and oxygen atoms in total. The molecule has 0 aromatic heterocycles. The lowest BCUT2D eigenvalue weighted by atomic mass is 10.0. The number of anilines is 1. The Morgan fingerprint density at radius 2 is 1.47 bits per heavy atom. The summed E-state index contributed by atoms with van der Waals surface area (Å²) < 4.78 is 84.3. The summed E-state index contributed by atoms with van der Waals surface area (Å²) in [6.07, 6.45) is -4.79. The highest BCUT2D eigenvalue weighted by Gasteiger charge is 2.36. The fourth-order valence-corrected chi connectivity index (χ4v) is 6.17. The van der Waals surface area contributed by atoms with Crippen molar-refractivity contribution in [1.29, 1.82) is 0 Å². The SMILES string of the molecule is CCNC(=O)C(Cc1ccccc1)N(Cc1ccccc1F)C(=O)CN(c1cccc(C(F)(F)F)c1)S(=O)(=O)c1ccccc1. The van der Waals surface area contributed by atoms with Gasteiger partial charge in [0.05, 0.1) is 16.1 Å². The van der Waals surface area contributed by atoms with E-state index in [4.69, 9.17) is 0 Å². The Hall–Kier alpha value is -4.71. The van der Waals surface area contributed by atoms with Gasteiger partial charge in [-0.3, -0.25) is 13.9 Å². The fraction of sp³-hybridized carbons (Fsp3) is 0.212. The number of benzene rings is 4. The highest BCUT2D eigenvalue weighted by molar-refractivity contribution is 7.92. The van der Waals surface area contributed by atoms with E-state index >= 15 is 0 Å². The Bertz CT molecular complexity index is 1720. The summed E-state index contributed by atoms with van der Waals surface area (Å²) in [4.78, 5) is 28.5. The van der Waals surface area contributed by atoms with E-state index < -0.39 is 64.2 Å². The minimum Gasteiger partial charge on any atom is -0.355 e. The number of hydrogen-bond acceptors (Lipinski definition) is 4. The summed E-state index contributed by atoms with van der Waals surface area (Å²) in [7, 11) is -4.60. The maximum absolute atomic E-state index is 14.9. The summed E-state index contributed by atoms with van der Waals surface area (Å²) in [5, 5.41) is 2.68. The number of amides is 2. The molecule has 0 bridgehead atoms. The molecule has 4 aromatic rings. The van der Waals surface area contributed by atoms with Gasteiger partial charge in [-0.05, 0) is 48.9 Å². The third-order valence-corrected chi connectivity index (χ3v) is 8.78. The van der Waals surface area contributed by atoms with E-state index in [0.29, 0.717) is 15.9 Å². The lowest BCUT2D eigenvalue weighted by Crippen LogP contribution is -2.53.